The zero-order valence-electron chi connectivity index (χ0n) is 38.3. The number of amides is 2. The predicted molar refractivity (Wildman–Crippen MR) is 237 cm³/mol. The number of nitrogens with zero attached hydrogens (tertiary/aromatic N) is 7. The van der Waals surface area contributed by atoms with Gasteiger partial charge >= 0.3 is 6.03 Å². The van der Waals surface area contributed by atoms with Crippen molar-refractivity contribution in [1.29, 1.82) is 5.26 Å². The van der Waals surface area contributed by atoms with Gasteiger partial charge in [0.15, 0.2) is 10.1 Å². The maximum absolute atomic E-state index is 14.1. The number of benzene rings is 2. The summed E-state index contributed by atoms with van der Waals surface area (Å²) < 4.78 is 85.5. The van der Waals surface area contributed by atoms with E-state index >= 15 is 0 Å². The molecule has 0 radical (unpaired) electrons. The normalized spacial score (nSPS) is 11.8. The number of hydrogen-bond acceptors (Lipinski definition) is 11. The third kappa shape index (κ3) is 15.1. The van der Waals surface area contributed by atoms with Crippen LogP contribution in [0.3, 0.4) is 0 Å². The molecule has 0 spiro atoms. The summed E-state index contributed by atoms with van der Waals surface area (Å²) in [4.78, 5) is 16.5. The minimum absolute atomic E-state index is 0.0683. The van der Waals surface area contributed by atoms with Crippen LogP contribution in [0.5, 0.6) is 5.75 Å². The van der Waals surface area contributed by atoms with Gasteiger partial charge in [-0.05, 0) is 101 Å². The van der Waals surface area contributed by atoms with E-state index in [1.54, 1.807) is 15.6 Å². The first-order chi connectivity index (χ1) is 28.7. The average molecular weight is 907 g/mol. The number of hydrogen-bond donors (Lipinski definition) is 3. The number of halogens is 2. The van der Waals surface area contributed by atoms with Crippen LogP contribution in [-0.2, 0) is 46.2 Å². The number of urea groups is 1. The van der Waals surface area contributed by atoms with Gasteiger partial charge in [-0.2, -0.15) is 18.6 Å². The van der Waals surface area contributed by atoms with Gasteiger partial charge in [0.1, 0.15) is 17.4 Å². The maximum atomic E-state index is 14.1. The molecule has 2 aromatic heterocycles. The van der Waals surface area contributed by atoms with Crippen molar-refractivity contribution in [3.63, 3.8) is 0 Å². The monoisotopic (exact) mass is 906 g/mol. The molecule has 62 heavy (non-hydrogen) atoms. The highest BCUT2D eigenvalue weighted by molar-refractivity contribution is 7.90. The Morgan fingerprint density at radius 1 is 0.726 bits per heavy atom. The zero-order valence-corrected chi connectivity index (χ0v) is 40.0. The molecule has 20 heteroatoms. The fraction of sp³-hybridized carbons (Fsp3) is 0.524. The first-order valence-electron chi connectivity index (χ1n) is 20.2. The molecule has 0 aliphatic heterocycles. The minimum Gasteiger partial charge on any atom is -0.387 e. The van der Waals surface area contributed by atoms with Crippen molar-refractivity contribution in [2.24, 2.45) is 5.14 Å². The molecule has 0 bridgehead atoms. The van der Waals surface area contributed by atoms with Crippen LogP contribution >= 0.6 is 0 Å². The molecule has 2 amide bonds. The third-order valence-electron chi connectivity index (χ3n) is 9.18. The number of carbonyl (C=O) groups excluding carboxylic acids is 1. The average Bonchev–Trinajstić information content (AvgIpc) is 3.76. The summed E-state index contributed by atoms with van der Waals surface area (Å²) in [7, 11) is -0.338. The molecule has 0 saturated heterocycles. The SMILES string of the molecule is CC(C)c1cc(F)cc(C(C)C)c1OC#N.CCn1nc(S(=O)(=O)NC(=O)Nc2c(C(C)C)cc(F)cc2C(C)C)cc1CN(C)C.CCn1nc(S(N)(=O)=O)cc1CN(C)C. The van der Waals surface area contributed by atoms with E-state index < -0.39 is 31.9 Å². The Morgan fingerprint density at radius 3 is 1.44 bits per heavy atom. The van der Waals surface area contributed by atoms with Gasteiger partial charge < -0.3 is 19.9 Å². The lowest BCUT2D eigenvalue weighted by molar-refractivity contribution is 0.256. The second-order valence-corrected chi connectivity index (χ2v) is 19.5. The summed E-state index contributed by atoms with van der Waals surface area (Å²) in [6.07, 6.45) is 1.67. The molecule has 0 atom stereocenters. The molecule has 0 saturated carbocycles. The van der Waals surface area contributed by atoms with Gasteiger partial charge in [0.25, 0.3) is 26.3 Å². The number of nitrogens with two attached hydrogens (primary N) is 1. The van der Waals surface area contributed by atoms with E-state index in [0.29, 0.717) is 48.7 Å². The fourth-order valence-electron chi connectivity index (χ4n) is 6.25. The van der Waals surface area contributed by atoms with Gasteiger partial charge in [0, 0.05) is 55.1 Å². The van der Waals surface area contributed by atoms with E-state index in [-0.39, 0.29) is 39.5 Å². The van der Waals surface area contributed by atoms with Gasteiger partial charge in [-0.25, -0.2) is 31.9 Å². The molecule has 4 aromatic rings. The Kier molecular flexibility index (Phi) is 19.7. The highest BCUT2D eigenvalue weighted by atomic mass is 32.2. The van der Waals surface area contributed by atoms with Crippen molar-refractivity contribution in [2.75, 3.05) is 33.5 Å². The van der Waals surface area contributed by atoms with E-state index in [1.807, 2.05) is 112 Å². The number of primary sulfonamides is 1. The summed E-state index contributed by atoms with van der Waals surface area (Å²) in [5.74, 6) is -0.0768. The number of sulfonamides is 2. The van der Waals surface area contributed by atoms with Gasteiger partial charge in [-0.15, -0.1) is 5.26 Å². The van der Waals surface area contributed by atoms with Crippen LogP contribution in [0.4, 0.5) is 19.3 Å². The Balaban J connectivity index is 0.000000357. The number of nitrogens with one attached hydrogen (secondary N) is 2. The number of ether oxygens (including phenoxy) is 1. The van der Waals surface area contributed by atoms with Crippen LogP contribution < -0.4 is 19.9 Å². The van der Waals surface area contributed by atoms with Crippen LogP contribution in [0.15, 0.2) is 46.5 Å². The van der Waals surface area contributed by atoms with E-state index in [4.69, 9.17) is 15.1 Å². The Morgan fingerprint density at radius 2 is 1.10 bits per heavy atom. The number of aromatic nitrogens is 4. The van der Waals surface area contributed by atoms with Crippen molar-refractivity contribution in [1.82, 2.24) is 34.1 Å². The van der Waals surface area contributed by atoms with Crippen LogP contribution in [0.1, 0.15) is 127 Å². The van der Waals surface area contributed by atoms with Crippen molar-refractivity contribution >= 4 is 31.8 Å². The molecule has 0 fully saturated rings. The Bertz CT molecular complexity index is 2340. The zero-order chi connectivity index (χ0) is 47.4. The number of anilines is 1. The van der Waals surface area contributed by atoms with Crippen molar-refractivity contribution < 1.29 is 35.1 Å². The Hall–Kier alpha value is -4.94. The maximum Gasteiger partial charge on any atom is 0.333 e. The van der Waals surface area contributed by atoms with E-state index in [9.17, 15) is 30.4 Å². The first-order valence-corrected chi connectivity index (χ1v) is 23.2. The second kappa shape index (κ2) is 22.9. The summed E-state index contributed by atoms with van der Waals surface area (Å²) in [5.41, 5.74) is 4.66. The molecule has 4 rings (SSSR count). The first kappa shape index (κ1) is 53.2. The predicted octanol–water partition coefficient (Wildman–Crippen LogP) is 7.41. The van der Waals surface area contributed by atoms with E-state index in [0.717, 1.165) is 22.5 Å². The Labute approximate surface area is 366 Å². The van der Waals surface area contributed by atoms with Crippen molar-refractivity contribution in [3.8, 4) is 12.0 Å². The highest BCUT2D eigenvalue weighted by Crippen LogP contribution is 2.36. The summed E-state index contributed by atoms with van der Waals surface area (Å²) in [5, 5.41) is 24.0. The second-order valence-electron chi connectivity index (χ2n) is 16.3. The smallest absolute Gasteiger partial charge is 0.333 e. The van der Waals surface area contributed by atoms with Gasteiger partial charge in [-0.1, -0.05) is 55.4 Å². The molecular formula is C42H64F2N10O6S2. The lowest BCUT2D eigenvalue weighted by Crippen LogP contribution is -2.35. The van der Waals surface area contributed by atoms with Crippen LogP contribution in [-0.4, -0.2) is 80.4 Å². The molecule has 2 aromatic carbocycles. The summed E-state index contributed by atoms with van der Waals surface area (Å²) in [6.45, 7) is 21.3. The molecule has 0 aliphatic carbocycles. The highest BCUT2D eigenvalue weighted by Gasteiger charge is 2.25. The number of carbonyl (C=O) groups is 1. The topological polar surface area (TPSA) is 211 Å². The lowest BCUT2D eigenvalue weighted by Gasteiger charge is -2.20. The van der Waals surface area contributed by atoms with E-state index in [2.05, 4.69) is 15.5 Å². The largest absolute Gasteiger partial charge is 0.387 e. The van der Waals surface area contributed by atoms with Crippen LogP contribution in [0.2, 0.25) is 0 Å². The van der Waals surface area contributed by atoms with Gasteiger partial charge in [-0.3, -0.25) is 9.36 Å². The van der Waals surface area contributed by atoms with Crippen molar-refractivity contribution in [2.45, 2.75) is 129 Å². The molecule has 16 nitrogen and oxygen atoms in total. The molecule has 2 heterocycles. The molecule has 0 aliphatic rings. The number of aryl methyl sites for hydroxylation is 2. The summed E-state index contributed by atoms with van der Waals surface area (Å²) in [6, 6.07) is 7.63. The molecule has 0 unspecified atom stereocenters. The standard InChI is InChI=1S/C21H32FN5O3S.C13H16FNO.C8H16N4O2S/c1-8-27-16(12-26(6)7)11-19(24-27)31(29,30)25-21(28)23-20-17(13(2)3)9-15(22)10-18(20)14(4)5;1-8(2)11-5-10(14)6-12(9(3)4)13(11)16-7-15;1-4-12-7(6-11(2)3)5-8(10-12)15(9,13)14/h9-11,13-14H,8,12H2,1-7H3,(H2,23,25,28);5-6,8-9H,1-4H3;5H,4,6H2,1-3H3,(H2,9,13,14). The molecule has 4 N–H and O–H groups in total. The van der Waals surface area contributed by atoms with Crippen LogP contribution in [0, 0.1) is 23.2 Å². The molecular weight excluding hydrogens is 843 g/mol. The number of rotatable bonds is 15. The van der Waals surface area contributed by atoms with Gasteiger partial charge in [0.2, 0.25) is 0 Å². The van der Waals surface area contributed by atoms with Crippen LogP contribution in [0.25, 0.3) is 0 Å². The van der Waals surface area contributed by atoms with Gasteiger partial charge in [0.05, 0.1) is 11.4 Å². The minimum atomic E-state index is -4.19. The fourth-order valence-corrected chi connectivity index (χ4v) is 7.66. The van der Waals surface area contributed by atoms with Crippen molar-refractivity contribution in [3.05, 3.63) is 81.7 Å². The number of nitriles is 1. The quantitative estimate of drug-likeness (QED) is 0.100. The van der Waals surface area contributed by atoms with E-state index in [1.165, 1.54) is 36.4 Å². The summed E-state index contributed by atoms with van der Waals surface area (Å²) >= 11 is 0. The third-order valence-corrected chi connectivity index (χ3v) is 11.2. The lowest BCUT2D eigenvalue weighted by atomic mass is 9.92. The molecule has 344 valence electrons.